The van der Waals surface area contributed by atoms with Crippen LogP contribution in [-0.2, 0) is 12.8 Å². The van der Waals surface area contributed by atoms with Gasteiger partial charge in [-0.3, -0.25) is 0 Å². The number of rotatable bonds is 1. The topological polar surface area (TPSA) is 0 Å². The van der Waals surface area contributed by atoms with E-state index >= 15 is 0 Å². The lowest BCUT2D eigenvalue weighted by Gasteiger charge is -2.15. The molecule has 0 atom stereocenters. The van der Waals surface area contributed by atoms with Crippen molar-refractivity contribution in [2.75, 3.05) is 0 Å². The lowest BCUT2D eigenvalue weighted by atomic mass is 9.89. The first-order chi connectivity index (χ1) is 13.6. The van der Waals surface area contributed by atoms with Crippen molar-refractivity contribution in [3.63, 3.8) is 0 Å². The van der Waals surface area contributed by atoms with E-state index in [0.717, 1.165) is 12.8 Å². The molecule has 0 nitrogen and oxygen atoms in total. The van der Waals surface area contributed by atoms with Gasteiger partial charge in [0.25, 0.3) is 0 Å². The van der Waals surface area contributed by atoms with Crippen LogP contribution in [0.15, 0.2) is 60.7 Å². The van der Waals surface area contributed by atoms with Crippen molar-refractivity contribution in [1.29, 1.82) is 0 Å². The minimum atomic E-state index is 0.563. The van der Waals surface area contributed by atoms with Crippen molar-refractivity contribution < 1.29 is 0 Å². The Morgan fingerprint density at radius 1 is 0.679 bits per heavy atom. The molecule has 0 heterocycles. The molecule has 0 N–H and O–H groups in total. The fourth-order valence-electron chi connectivity index (χ4n) is 5.69. The van der Waals surface area contributed by atoms with Crippen molar-refractivity contribution >= 4 is 10.8 Å². The average Bonchev–Trinajstić information content (AvgIpc) is 3.22. The molecule has 0 saturated heterocycles. The summed E-state index contributed by atoms with van der Waals surface area (Å²) in [6.07, 6.45) is 2.14. The largest absolute Gasteiger partial charge is 0.0616 e. The van der Waals surface area contributed by atoms with Crippen molar-refractivity contribution in [3.05, 3.63) is 94.0 Å². The summed E-state index contributed by atoms with van der Waals surface area (Å²) in [5.41, 5.74) is 15.0. The van der Waals surface area contributed by atoms with Gasteiger partial charge < -0.3 is 0 Å². The molecule has 0 radical (unpaired) electrons. The van der Waals surface area contributed by atoms with Crippen molar-refractivity contribution in [1.82, 2.24) is 0 Å². The standard InChI is InChI=1S/C28H24/c1-16(2)27-17(3)8-10-22-23-11-9-20-13-21-12-18-6-4-5-7-19(18)14-24(21)28(20)26(23)15-25(22)27/h4-12,14,16H,13,15H2,1-3H3. The molecule has 0 fully saturated rings. The van der Waals surface area contributed by atoms with Crippen LogP contribution in [0.2, 0.25) is 0 Å². The smallest absolute Gasteiger partial charge is 0.000424 e. The van der Waals surface area contributed by atoms with Gasteiger partial charge in [-0.05, 0) is 98.2 Å². The normalized spacial score (nSPS) is 13.6. The van der Waals surface area contributed by atoms with Gasteiger partial charge in [-0.1, -0.05) is 68.4 Å². The monoisotopic (exact) mass is 360 g/mol. The Kier molecular flexibility index (Phi) is 3.21. The predicted molar refractivity (Wildman–Crippen MR) is 119 cm³/mol. The van der Waals surface area contributed by atoms with E-state index in [4.69, 9.17) is 0 Å². The molecule has 2 aliphatic rings. The molecule has 4 aromatic carbocycles. The molecule has 4 aromatic rings. The third kappa shape index (κ3) is 2.06. The molecule has 0 spiro atoms. The number of hydrogen-bond acceptors (Lipinski definition) is 0. The molecule has 0 saturated carbocycles. The molecule has 0 unspecified atom stereocenters. The van der Waals surface area contributed by atoms with E-state index in [1.54, 1.807) is 16.7 Å². The summed E-state index contributed by atoms with van der Waals surface area (Å²) >= 11 is 0. The minimum Gasteiger partial charge on any atom is -0.0616 e. The Bertz CT molecular complexity index is 1290. The molecule has 136 valence electrons. The van der Waals surface area contributed by atoms with Crippen LogP contribution in [0.25, 0.3) is 33.0 Å². The Morgan fingerprint density at radius 2 is 1.39 bits per heavy atom. The molecule has 0 bridgehead atoms. The van der Waals surface area contributed by atoms with E-state index in [1.807, 2.05) is 0 Å². The summed E-state index contributed by atoms with van der Waals surface area (Å²) in [5, 5.41) is 2.70. The minimum absolute atomic E-state index is 0.563. The molecular weight excluding hydrogens is 336 g/mol. The maximum atomic E-state index is 2.42. The molecule has 0 aliphatic heterocycles. The zero-order valence-corrected chi connectivity index (χ0v) is 16.8. The molecule has 0 aromatic heterocycles. The molecule has 28 heavy (non-hydrogen) atoms. The highest BCUT2D eigenvalue weighted by atomic mass is 14.3. The highest BCUT2D eigenvalue weighted by Crippen LogP contribution is 2.49. The Morgan fingerprint density at radius 3 is 2.18 bits per heavy atom. The lowest BCUT2D eigenvalue weighted by molar-refractivity contribution is 0.842. The second kappa shape index (κ2) is 5.58. The lowest BCUT2D eigenvalue weighted by Crippen LogP contribution is -1.99. The summed E-state index contributed by atoms with van der Waals surface area (Å²) in [6.45, 7) is 6.93. The summed E-state index contributed by atoms with van der Waals surface area (Å²) < 4.78 is 0. The van der Waals surface area contributed by atoms with E-state index < -0.39 is 0 Å². The van der Waals surface area contributed by atoms with Gasteiger partial charge in [0.1, 0.15) is 0 Å². The van der Waals surface area contributed by atoms with E-state index in [2.05, 4.69) is 81.4 Å². The molecule has 6 rings (SSSR count). The van der Waals surface area contributed by atoms with Gasteiger partial charge >= 0.3 is 0 Å². The molecule has 2 aliphatic carbocycles. The van der Waals surface area contributed by atoms with Gasteiger partial charge in [-0.2, -0.15) is 0 Å². The van der Waals surface area contributed by atoms with Crippen molar-refractivity contribution in [2.45, 2.75) is 39.5 Å². The van der Waals surface area contributed by atoms with Crippen LogP contribution in [0.5, 0.6) is 0 Å². The quantitative estimate of drug-likeness (QED) is 0.286. The summed E-state index contributed by atoms with van der Waals surface area (Å²) in [5.74, 6) is 0.563. The number of hydrogen-bond donors (Lipinski definition) is 0. The molecule has 0 heteroatoms. The van der Waals surface area contributed by atoms with Crippen LogP contribution in [0.3, 0.4) is 0 Å². The third-order valence-corrected chi connectivity index (χ3v) is 6.82. The highest BCUT2D eigenvalue weighted by Gasteiger charge is 2.30. The first-order valence-electron chi connectivity index (χ1n) is 10.4. The zero-order valence-electron chi connectivity index (χ0n) is 16.8. The van der Waals surface area contributed by atoms with Gasteiger partial charge in [-0.25, -0.2) is 0 Å². The van der Waals surface area contributed by atoms with E-state index in [-0.39, 0.29) is 0 Å². The van der Waals surface area contributed by atoms with Gasteiger partial charge in [0.05, 0.1) is 0 Å². The second-order valence-electron chi connectivity index (χ2n) is 8.81. The predicted octanol–water partition coefficient (Wildman–Crippen LogP) is 7.41. The Hall–Kier alpha value is -2.86. The van der Waals surface area contributed by atoms with E-state index in [0.29, 0.717) is 5.92 Å². The Labute approximate surface area is 166 Å². The summed E-state index contributed by atoms with van der Waals surface area (Å²) in [4.78, 5) is 0. The number of benzene rings is 4. The van der Waals surface area contributed by atoms with E-state index in [1.165, 1.54) is 49.7 Å². The summed E-state index contributed by atoms with van der Waals surface area (Å²) in [7, 11) is 0. The average molecular weight is 361 g/mol. The first kappa shape index (κ1) is 16.1. The van der Waals surface area contributed by atoms with Crippen molar-refractivity contribution in [3.8, 4) is 22.3 Å². The van der Waals surface area contributed by atoms with Crippen LogP contribution in [0.4, 0.5) is 0 Å². The third-order valence-electron chi connectivity index (χ3n) is 6.82. The van der Waals surface area contributed by atoms with Crippen LogP contribution in [0, 0.1) is 6.92 Å². The van der Waals surface area contributed by atoms with Crippen LogP contribution in [-0.4, -0.2) is 0 Å². The maximum absolute atomic E-state index is 2.42. The summed E-state index contributed by atoms with van der Waals surface area (Å²) in [6, 6.07) is 23.0. The van der Waals surface area contributed by atoms with Gasteiger partial charge in [0, 0.05) is 0 Å². The second-order valence-corrected chi connectivity index (χ2v) is 8.81. The van der Waals surface area contributed by atoms with Crippen molar-refractivity contribution in [2.24, 2.45) is 0 Å². The Balaban J connectivity index is 1.61. The van der Waals surface area contributed by atoms with Crippen LogP contribution < -0.4 is 0 Å². The zero-order chi connectivity index (χ0) is 19.0. The van der Waals surface area contributed by atoms with Gasteiger partial charge in [0.2, 0.25) is 0 Å². The molecular formula is C28H24. The maximum Gasteiger partial charge on any atom is -0.000424 e. The first-order valence-corrected chi connectivity index (χ1v) is 10.4. The fourth-order valence-corrected chi connectivity index (χ4v) is 5.69. The number of aryl methyl sites for hydroxylation is 1. The van der Waals surface area contributed by atoms with Gasteiger partial charge in [0.15, 0.2) is 0 Å². The van der Waals surface area contributed by atoms with Crippen LogP contribution in [0.1, 0.15) is 53.1 Å². The molecule has 0 amide bonds. The fraction of sp³-hybridized carbons (Fsp3) is 0.214. The van der Waals surface area contributed by atoms with Gasteiger partial charge in [-0.15, -0.1) is 0 Å². The SMILES string of the molecule is Cc1ccc2c(c1C(C)C)Cc1c-2ccc2c1-c1cc3ccccc3cc1C2. The number of fused-ring (bicyclic) bond motifs is 8. The van der Waals surface area contributed by atoms with Crippen LogP contribution >= 0.6 is 0 Å². The van der Waals surface area contributed by atoms with E-state index in [9.17, 15) is 0 Å². The highest BCUT2D eigenvalue weighted by molar-refractivity contribution is 5.96.